The van der Waals surface area contributed by atoms with Crippen molar-refractivity contribution in [3.63, 3.8) is 0 Å². The van der Waals surface area contributed by atoms with Crippen molar-refractivity contribution >= 4 is 28.4 Å². The smallest absolute Gasteiger partial charge is 0.338 e. The lowest BCUT2D eigenvalue weighted by Crippen LogP contribution is -2.38. The first kappa shape index (κ1) is 18.9. The van der Waals surface area contributed by atoms with Crippen LogP contribution in [0.25, 0.3) is 0 Å². The first-order chi connectivity index (χ1) is 9.86. The third-order valence-electron chi connectivity index (χ3n) is 3.72. The van der Waals surface area contributed by atoms with Gasteiger partial charge in [0.15, 0.2) is 0 Å². The number of esters is 1. The van der Waals surface area contributed by atoms with Crippen molar-refractivity contribution in [2.75, 3.05) is 13.7 Å². The molecule has 0 saturated heterocycles. The predicted molar refractivity (Wildman–Crippen MR) is 85.7 cm³/mol. The van der Waals surface area contributed by atoms with E-state index in [1.54, 1.807) is 6.92 Å². The zero-order chi connectivity index (χ0) is 15.6. The van der Waals surface area contributed by atoms with Gasteiger partial charge in [0.25, 0.3) is 0 Å². The molecule has 3 N–H and O–H groups in total. The van der Waals surface area contributed by atoms with Crippen LogP contribution in [0.2, 0.25) is 0 Å². The molecule has 22 heavy (non-hydrogen) atoms. The first-order valence-corrected chi connectivity index (χ1v) is 8.28. The van der Waals surface area contributed by atoms with E-state index < -0.39 is 16.0 Å². The molecule has 2 rings (SSSR count). The summed E-state index contributed by atoms with van der Waals surface area (Å²) in [6, 6.07) is 4.36. The highest BCUT2D eigenvalue weighted by atomic mass is 35.5. The Kier molecular flexibility index (Phi) is 6.37. The zero-order valence-corrected chi connectivity index (χ0v) is 14.2. The Hall–Kier alpha value is -1.15. The first-order valence-electron chi connectivity index (χ1n) is 6.80. The van der Waals surface area contributed by atoms with Crippen LogP contribution < -0.4 is 10.5 Å². The maximum Gasteiger partial charge on any atom is 0.338 e. The largest absolute Gasteiger partial charge is 0.465 e. The van der Waals surface area contributed by atoms with E-state index in [1.807, 2.05) is 0 Å². The van der Waals surface area contributed by atoms with Crippen molar-refractivity contribution in [2.24, 2.45) is 11.7 Å². The van der Waals surface area contributed by atoms with Gasteiger partial charge in [-0.1, -0.05) is 6.07 Å². The molecule has 1 atom stereocenters. The molecule has 1 aliphatic carbocycles. The summed E-state index contributed by atoms with van der Waals surface area (Å²) in [5.41, 5.74) is 6.52. The van der Waals surface area contributed by atoms with Gasteiger partial charge in [0.1, 0.15) is 0 Å². The van der Waals surface area contributed by atoms with E-state index in [9.17, 15) is 13.2 Å². The molecule has 0 spiro atoms. The van der Waals surface area contributed by atoms with Crippen molar-refractivity contribution < 1.29 is 17.9 Å². The number of hydrogen-bond donors (Lipinski definition) is 2. The Labute approximate surface area is 136 Å². The number of benzene rings is 1. The molecule has 1 aromatic rings. The highest BCUT2D eigenvalue weighted by molar-refractivity contribution is 7.89. The van der Waals surface area contributed by atoms with Gasteiger partial charge in [-0.05, 0) is 43.4 Å². The number of halogens is 1. The molecule has 0 aromatic heterocycles. The second-order valence-electron chi connectivity index (χ2n) is 5.27. The number of nitrogens with two attached hydrogens (primary N) is 1. The summed E-state index contributed by atoms with van der Waals surface area (Å²) in [4.78, 5) is 11.7. The quantitative estimate of drug-likeness (QED) is 0.753. The molecule has 1 saturated carbocycles. The maximum atomic E-state index is 12.3. The molecule has 6 nitrogen and oxygen atoms in total. The van der Waals surface area contributed by atoms with Crippen molar-refractivity contribution in [2.45, 2.75) is 30.7 Å². The fraction of sp³-hybridized carbons (Fsp3) is 0.500. The average molecular weight is 349 g/mol. The summed E-state index contributed by atoms with van der Waals surface area (Å²) in [5.74, 6) is -0.144. The molecular weight excluding hydrogens is 328 g/mol. The number of sulfonamides is 1. The maximum absolute atomic E-state index is 12.3. The summed E-state index contributed by atoms with van der Waals surface area (Å²) < 4.78 is 31.9. The van der Waals surface area contributed by atoms with Crippen LogP contribution in [-0.2, 0) is 14.8 Å². The molecule has 8 heteroatoms. The molecule has 0 amide bonds. The SMILES string of the molecule is COC(=O)c1cccc(S(=O)(=O)NCC(N)C2CC2)c1C.Cl. The van der Waals surface area contributed by atoms with Gasteiger partial charge in [0.2, 0.25) is 10.0 Å². The molecule has 1 fully saturated rings. The van der Waals surface area contributed by atoms with Gasteiger partial charge < -0.3 is 10.5 Å². The van der Waals surface area contributed by atoms with E-state index in [1.165, 1.54) is 25.3 Å². The molecule has 1 unspecified atom stereocenters. The summed E-state index contributed by atoms with van der Waals surface area (Å²) >= 11 is 0. The number of ether oxygens (including phenoxy) is 1. The van der Waals surface area contributed by atoms with Gasteiger partial charge in [-0.3, -0.25) is 0 Å². The van der Waals surface area contributed by atoms with Crippen molar-refractivity contribution in [1.29, 1.82) is 0 Å². The van der Waals surface area contributed by atoms with Crippen molar-refractivity contribution in [1.82, 2.24) is 4.72 Å². The molecule has 0 bridgehead atoms. The van der Waals surface area contributed by atoms with Gasteiger partial charge in [-0.25, -0.2) is 17.9 Å². The Morgan fingerprint density at radius 1 is 1.45 bits per heavy atom. The minimum Gasteiger partial charge on any atom is -0.465 e. The van der Waals surface area contributed by atoms with Crippen LogP contribution in [0, 0.1) is 12.8 Å². The molecular formula is C14H21ClN2O4S. The normalized spacial score (nSPS) is 15.8. The lowest BCUT2D eigenvalue weighted by molar-refractivity contribution is 0.0599. The van der Waals surface area contributed by atoms with Crippen LogP contribution in [-0.4, -0.2) is 34.1 Å². The molecule has 1 aliphatic rings. The van der Waals surface area contributed by atoms with Gasteiger partial charge in [0.05, 0.1) is 17.6 Å². The van der Waals surface area contributed by atoms with Crippen molar-refractivity contribution in [3.8, 4) is 0 Å². The number of carbonyl (C=O) groups is 1. The number of methoxy groups -OCH3 is 1. The topological polar surface area (TPSA) is 98.5 Å². The predicted octanol–water partition coefficient (Wildman–Crippen LogP) is 1.22. The van der Waals surface area contributed by atoms with E-state index in [-0.39, 0.29) is 35.5 Å². The van der Waals surface area contributed by atoms with Gasteiger partial charge in [-0.15, -0.1) is 12.4 Å². The highest BCUT2D eigenvalue weighted by Gasteiger charge is 2.30. The molecule has 124 valence electrons. The second kappa shape index (κ2) is 7.41. The Bertz CT molecular complexity index is 644. The van der Waals surface area contributed by atoms with Gasteiger partial charge in [-0.2, -0.15) is 0 Å². The Morgan fingerprint density at radius 3 is 2.64 bits per heavy atom. The molecule has 0 heterocycles. The van der Waals surface area contributed by atoms with Gasteiger partial charge >= 0.3 is 5.97 Å². The molecule has 0 radical (unpaired) electrons. The van der Waals surface area contributed by atoms with Crippen LogP contribution in [0.3, 0.4) is 0 Å². The highest BCUT2D eigenvalue weighted by Crippen LogP contribution is 2.31. The fourth-order valence-electron chi connectivity index (χ4n) is 2.21. The van der Waals surface area contributed by atoms with E-state index >= 15 is 0 Å². The van der Waals surface area contributed by atoms with Crippen LogP contribution in [0.4, 0.5) is 0 Å². The average Bonchev–Trinajstić information content (AvgIpc) is 3.28. The minimum atomic E-state index is -3.69. The van der Waals surface area contributed by atoms with Gasteiger partial charge in [0, 0.05) is 12.6 Å². The van der Waals surface area contributed by atoms with E-state index in [4.69, 9.17) is 5.73 Å². The third kappa shape index (κ3) is 4.19. The van der Waals surface area contributed by atoms with E-state index in [0.717, 1.165) is 12.8 Å². The number of rotatable bonds is 6. The summed E-state index contributed by atoms with van der Waals surface area (Å²) in [5, 5.41) is 0. The standard InChI is InChI=1S/C14H20N2O4S.ClH/c1-9-11(14(17)20-2)4-3-5-13(9)21(18,19)16-8-12(15)10-6-7-10;/h3-5,10,12,16H,6-8,15H2,1-2H3;1H. The number of nitrogens with one attached hydrogen (secondary N) is 1. The second-order valence-corrected chi connectivity index (χ2v) is 7.01. The number of hydrogen-bond acceptors (Lipinski definition) is 5. The number of carbonyl (C=O) groups excluding carboxylic acids is 1. The third-order valence-corrected chi connectivity index (χ3v) is 5.28. The van der Waals surface area contributed by atoms with Crippen molar-refractivity contribution in [3.05, 3.63) is 29.3 Å². The van der Waals surface area contributed by atoms with E-state index in [0.29, 0.717) is 11.5 Å². The van der Waals surface area contributed by atoms with Crippen LogP contribution in [0.15, 0.2) is 23.1 Å². The summed E-state index contributed by atoms with van der Waals surface area (Å²) in [6.07, 6.45) is 2.11. The van der Waals surface area contributed by atoms with Crippen LogP contribution in [0.5, 0.6) is 0 Å². The minimum absolute atomic E-state index is 0. The molecule has 0 aliphatic heterocycles. The Morgan fingerprint density at radius 2 is 2.09 bits per heavy atom. The summed E-state index contributed by atoms with van der Waals surface area (Å²) in [7, 11) is -2.43. The lowest BCUT2D eigenvalue weighted by atomic mass is 10.1. The lowest BCUT2D eigenvalue weighted by Gasteiger charge is -2.14. The Balaban J connectivity index is 0.00000242. The zero-order valence-electron chi connectivity index (χ0n) is 12.5. The monoisotopic (exact) mass is 348 g/mol. The van der Waals surface area contributed by atoms with E-state index in [2.05, 4.69) is 9.46 Å². The van der Waals surface area contributed by atoms with Crippen LogP contribution >= 0.6 is 12.4 Å². The van der Waals surface area contributed by atoms with Crippen LogP contribution in [0.1, 0.15) is 28.8 Å². The molecule has 1 aromatic carbocycles. The fourth-order valence-corrected chi connectivity index (χ4v) is 3.55. The summed E-state index contributed by atoms with van der Waals surface area (Å²) in [6.45, 7) is 1.79.